The van der Waals surface area contributed by atoms with Crippen LogP contribution in [0.5, 0.6) is 0 Å². The third kappa shape index (κ3) is 5.07. The lowest BCUT2D eigenvalue weighted by atomic mass is 10.0. The van der Waals surface area contributed by atoms with Gasteiger partial charge in [0.2, 0.25) is 0 Å². The number of rotatable bonds is 3. The third-order valence-electron chi connectivity index (χ3n) is 6.85. The predicted octanol–water partition coefficient (Wildman–Crippen LogP) is 3.91. The van der Waals surface area contributed by atoms with Gasteiger partial charge < -0.3 is 5.11 Å². The number of aryl methyl sites for hydroxylation is 2. The zero-order valence-electron chi connectivity index (χ0n) is 22.4. The summed E-state index contributed by atoms with van der Waals surface area (Å²) in [5.41, 5.74) is 4.63. The minimum absolute atomic E-state index is 0.0518. The van der Waals surface area contributed by atoms with E-state index >= 15 is 0 Å². The van der Waals surface area contributed by atoms with Crippen molar-refractivity contribution in [3.05, 3.63) is 149 Å². The Balaban J connectivity index is 0.000000194. The number of carbonyl (C=O) groups is 3. The van der Waals surface area contributed by atoms with E-state index in [1.807, 2.05) is 23.2 Å². The Labute approximate surface area is 232 Å². The number of hydrogen-bond acceptors (Lipinski definition) is 4. The fourth-order valence-electron chi connectivity index (χ4n) is 4.69. The summed E-state index contributed by atoms with van der Waals surface area (Å²) >= 11 is 0. The second-order valence-corrected chi connectivity index (χ2v) is 9.77. The summed E-state index contributed by atoms with van der Waals surface area (Å²) in [7, 11) is 4.05. The highest BCUT2D eigenvalue weighted by atomic mass is 16.3. The van der Waals surface area contributed by atoms with Gasteiger partial charge in [0, 0.05) is 46.5 Å². The normalized spacial score (nSPS) is 14.1. The summed E-state index contributed by atoms with van der Waals surface area (Å²) in [6.07, 6.45) is 11.1. The molecule has 196 valence electrons. The number of nitrogens with zero attached hydrogens (tertiary/aromatic N) is 2. The van der Waals surface area contributed by atoms with Gasteiger partial charge in [-0.1, -0.05) is 54.3 Å². The molecule has 0 amide bonds. The Morgan fingerprint density at radius 2 is 1.02 bits per heavy atom. The minimum Gasteiger partial charge on any atom is -0.872 e. The molecule has 0 bridgehead atoms. The van der Waals surface area contributed by atoms with E-state index in [0.29, 0.717) is 27.8 Å². The molecule has 0 saturated carbocycles. The molecule has 40 heavy (non-hydrogen) atoms. The van der Waals surface area contributed by atoms with Crippen LogP contribution in [0.25, 0.3) is 16.9 Å². The molecule has 0 aliphatic heterocycles. The van der Waals surface area contributed by atoms with E-state index in [9.17, 15) is 19.5 Å². The van der Waals surface area contributed by atoms with Crippen molar-refractivity contribution in [2.75, 3.05) is 0 Å². The summed E-state index contributed by atoms with van der Waals surface area (Å²) in [5.74, 6) is -1.35. The lowest BCUT2D eigenvalue weighted by molar-refractivity contribution is -0.671. The van der Waals surface area contributed by atoms with E-state index < -0.39 is 0 Å². The van der Waals surface area contributed by atoms with Crippen molar-refractivity contribution >= 4 is 23.1 Å². The maximum Gasteiger partial charge on any atom is 0.197 e. The molecule has 0 atom stereocenters. The van der Waals surface area contributed by atoms with Crippen molar-refractivity contribution in [2.24, 2.45) is 14.1 Å². The fourth-order valence-corrected chi connectivity index (χ4v) is 4.69. The first-order valence-corrected chi connectivity index (χ1v) is 12.8. The van der Waals surface area contributed by atoms with E-state index in [2.05, 4.69) is 49.1 Å². The van der Waals surface area contributed by atoms with Gasteiger partial charge in [-0.15, -0.1) is 0 Å². The van der Waals surface area contributed by atoms with Crippen LogP contribution in [0.4, 0.5) is 0 Å². The van der Waals surface area contributed by atoms with Gasteiger partial charge in [0.25, 0.3) is 0 Å². The molecule has 0 unspecified atom stereocenters. The van der Waals surface area contributed by atoms with Crippen LogP contribution in [0.15, 0.2) is 126 Å². The third-order valence-corrected chi connectivity index (χ3v) is 6.85. The second kappa shape index (κ2) is 10.9. The van der Waals surface area contributed by atoms with E-state index in [-0.39, 0.29) is 34.3 Å². The monoisotopic (exact) mass is 527 g/mol. The molecule has 2 aromatic carbocycles. The average Bonchev–Trinajstić information content (AvgIpc) is 3.35. The summed E-state index contributed by atoms with van der Waals surface area (Å²) in [6, 6.07) is 21.8. The molecular formula is C34H27N2O4+. The molecule has 6 rings (SSSR count). The lowest BCUT2D eigenvalue weighted by Gasteiger charge is -2.09. The zero-order valence-corrected chi connectivity index (χ0v) is 22.4. The van der Waals surface area contributed by atoms with Crippen LogP contribution in [-0.4, -0.2) is 17.3 Å². The summed E-state index contributed by atoms with van der Waals surface area (Å²) < 4.78 is 4.07. The number of ketones is 3. The Morgan fingerprint density at radius 3 is 1.45 bits per heavy atom. The van der Waals surface area contributed by atoms with E-state index in [0.717, 1.165) is 0 Å². The number of hydrogen-bond donors (Lipinski definition) is 0. The van der Waals surface area contributed by atoms with Crippen LogP contribution in [0, 0.1) is 0 Å². The molecule has 0 radical (unpaired) electrons. The highest BCUT2D eigenvalue weighted by Gasteiger charge is 2.32. The van der Waals surface area contributed by atoms with Crippen molar-refractivity contribution in [1.82, 2.24) is 0 Å². The summed E-state index contributed by atoms with van der Waals surface area (Å²) in [6.45, 7) is 1.66. The van der Waals surface area contributed by atoms with Gasteiger partial charge in [-0.3, -0.25) is 14.4 Å². The van der Waals surface area contributed by atoms with Crippen LogP contribution >= 0.6 is 0 Å². The number of pyridine rings is 2. The van der Waals surface area contributed by atoms with Crippen molar-refractivity contribution in [3.63, 3.8) is 0 Å². The van der Waals surface area contributed by atoms with Crippen LogP contribution in [0.1, 0.15) is 43.6 Å². The smallest absolute Gasteiger partial charge is 0.197 e. The summed E-state index contributed by atoms with van der Waals surface area (Å²) in [5, 5.41) is 12.4. The van der Waals surface area contributed by atoms with Crippen molar-refractivity contribution in [2.45, 2.75) is 6.92 Å². The van der Waals surface area contributed by atoms with Gasteiger partial charge in [-0.2, -0.15) is 0 Å². The van der Waals surface area contributed by atoms with E-state index in [1.54, 1.807) is 55.5 Å². The SMILES string of the molecule is CC(=CC1=C([O-])c2ccccc2C1=O)C=C1C(=O)c2ccccc2C1=O.C[n+]1ccc(-c2cc[n+](C)cc2)cc1. The summed E-state index contributed by atoms with van der Waals surface area (Å²) in [4.78, 5) is 37.3. The van der Waals surface area contributed by atoms with Gasteiger partial charge in [0.15, 0.2) is 42.1 Å². The highest BCUT2D eigenvalue weighted by Crippen LogP contribution is 2.31. The molecular weight excluding hydrogens is 500 g/mol. The quantitative estimate of drug-likeness (QED) is 0.230. The van der Waals surface area contributed by atoms with Crippen LogP contribution in [0.2, 0.25) is 0 Å². The zero-order chi connectivity index (χ0) is 28.4. The Hall–Kier alpha value is -5.23. The predicted molar refractivity (Wildman–Crippen MR) is 149 cm³/mol. The maximum absolute atomic E-state index is 12.4. The Morgan fingerprint density at radius 1 is 0.625 bits per heavy atom. The van der Waals surface area contributed by atoms with Gasteiger partial charge >= 0.3 is 0 Å². The molecule has 4 aromatic rings. The topological polar surface area (TPSA) is 82.0 Å². The second-order valence-electron chi connectivity index (χ2n) is 9.77. The largest absolute Gasteiger partial charge is 0.872 e. The number of aromatic nitrogens is 2. The standard InChI is InChI=1S/C22H14O4.C12H14N2/c1-12(10-17-19(23)13-6-2-3-7-14(13)20(17)24)11-18-21(25)15-8-4-5-9-16(15)22(18)26;1-13-7-3-11(4-8-13)12-5-9-14(2)10-6-12/h2-11,23H,1H3;3-10H,1-2H3/q;+2/p-1. The van der Waals surface area contributed by atoms with Gasteiger partial charge in [0.1, 0.15) is 14.1 Å². The highest BCUT2D eigenvalue weighted by molar-refractivity contribution is 6.39. The van der Waals surface area contributed by atoms with Crippen molar-refractivity contribution < 1.29 is 28.6 Å². The van der Waals surface area contributed by atoms with Crippen molar-refractivity contribution in [1.29, 1.82) is 0 Å². The average molecular weight is 528 g/mol. The molecule has 2 aliphatic rings. The molecule has 6 nitrogen and oxygen atoms in total. The number of Topliss-reactive ketones (excluding diaryl/α,β-unsaturated/α-hetero) is 3. The molecule has 0 N–H and O–H groups in total. The number of benzene rings is 2. The molecule has 2 heterocycles. The van der Waals surface area contributed by atoms with E-state index in [1.165, 1.54) is 23.3 Å². The first kappa shape index (κ1) is 26.4. The van der Waals surface area contributed by atoms with Crippen LogP contribution < -0.4 is 14.2 Å². The first-order valence-electron chi connectivity index (χ1n) is 12.8. The maximum atomic E-state index is 12.4. The van der Waals surface area contributed by atoms with Crippen LogP contribution in [-0.2, 0) is 14.1 Å². The lowest BCUT2D eigenvalue weighted by Crippen LogP contribution is -2.26. The number of allylic oxidation sites excluding steroid dienone is 5. The molecule has 0 fully saturated rings. The Bertz CT molecular complexity index is 1680. The molecule has 2 aliphatic carbocycles. The molecule has 2 aromatic heterocycles. The molecule has 6 heteroatoms. The van der Waals surface area contributed by atoms with Gasteiger partial charge in [-0.05, 0) is 41.3 Å². The first-order chi connectivity index (χ1) is 19.2. The molecule has 0 spiro atoms. The van der Waals surface area contributed by atoms with Gasteiger partial charge in [-0.25, -0.2) is 9.13 Å². The van der Waals surface area contributed by atoms with Crippen molar-refractivity contribution in [3.8, 4) is 11.1 Å². The van der Waals surface area contributed by atoms with E-state index in [4.69, 9.17) is 0 Å². The number of carbonyl (C=O) groups excluding carboxylic acids is 3. The Kier molecular flexibility index (Phi) is 7.17. The van der Waals surface area contributed by atoms with Crippen LogP contribution in [0.3, 0.4) is 0 Å². The number of fused-ring (bicyclic) bond motifs is 2. The van der Waals surface area contributed by atoms with Gasteiger partial charge in [0.05, 0.1) is 5.57 Å². The fraction of sp³-hybridized carbons (Fsp3) is 0.0882. The minimum atomic E-state index is -0.337. The molecule has 0 saturated heterocycles.